The molecule has 1 aromatic carbocycles. The third-order valence-electron chi connectivity index (χ3n) is 3.19. The summed E-state index contributed by atoms with van der Waals surface area (Å²) in [7, 11) is 0. The van der Waals surface area contributed by atoms with Crippen LogP contribution in [-0.4, -0.2) is 14.7 Å². The maximum Gasteiger partial charge on any atom is 0.111 e. The molecule has 0 aliphatic carbocycles. The van der Waals surface area contributed by atoms with Gasteiger partial charge < -0.3 is 9.67 Å². The lowest BCUT2D eigenvalue weighted by atomic mass is 10.0. The van der Waals surface area contributed by atoms with Crippen LogP contribution in [-0.2, 0) is 13.0 Å². The van der Waals surface area contributed by atoms with E-state index in [4.69, 9.17) is 11.6 Å². The quantitative estimate of drug-likeness (QED) is 0.921. The fourth-order valence-electron chi connectivity index (χ4n) is 2.09. The zero-order valence-electron chi connectivity index (χ0n) is 10.6. The summed E-state index contributed by atoms with van der Waals surface area (Å²) in [6.45, 7) is 4.84. The molecule has 0 saturated carbocycles. The molecule has 2 aromatic rings. The van der Waals surface area contributed by atoms with E-state index in [1.54, 1.807) is 6.20 Å². The Kier molecular flexibility index (Phi) is 4.04. The molecule has 1 atom stereocenters. The van der Waals surface area contributed by atoms with E-state index in [9.17, 15) is 5.11 Å². The third kappa shape index (κ3) is 2.57. The van der Waals surface area contributed by atoms with Crippen LogP contribution in [0.25, 0.3) is 0 Å². The van der Waals surface area contributed by atoms with Crippen molar-refractivity contribution in [3.05, 3.63) is 52.6 Å². The molecule has 2 rings (SSSR count). The highest BCUT2D eigenvalue weighted by Crippen LogP contribution is 2.26. The molecule has 0 aliphatic heterocycles. The maximum absolute atomic E-state index is 10.3. The fraction of sp³-hybridized carbons (Fsp3) is 0.357. The van der Waals surface area contributed by atoms with E-state index in [2.05, 4.69) is 11.9 Å². The van der Waals surface area contributed by atoms with E-state index in [0.29, 0.717) is 11.4 Å². The molecule has 96 valence electrons. The minimum atomic E-state index is -0.573. The van der Waals surface area contributed by atoms with Gasteiger partial charge in [0, 0.05) is 30.4 Å². The molecule has 1 heterocycles. The summed E-state index contributed by atoms with van der Waals surface area (Å²) in [4.78, 5) is 4.27. The summed E-state index contributed by atoms with van der Waals surface area (Å²) in [5, 5.41) is 11.0. The average Bonchev–Trinajstić information content (AvgIpc) is 2.79. The highest BCUT2D eigenvalue weighted by molar-refractivity contribution is 6.31. The van der Waals surface area contributed by atoms with E-state index in [0.717, 1.165) is 23.5 Å². The van der Waals surface area contributed by atoms with E-state index in [1.165, 1.54) is 0 Å². The van der Waals surface area contributed by atoms with E-state index in [1.807, 2.05) is 35.9 Å². The van der Waals surface area contributed by atoms with Crippen molar-refractivity contribution in [1.29, 1.82) is 0 Å². The van der Waals surface area contributed by atoms with Crippen molar-refractivity contribution in [3.8, 4) is 0 Å². The highest BCUT2D eigenvalue weighted by atomic mass is 35.5. The Balaban J connectivity index is 2.22. The predicted molar refractivity (Wildman–Crippen MR) is 72.8 cm³/mol. The topological polar surface area (TPSA) is 38.0 Å². The molecule has 0 aliphatic rings. The van der Waals surface area contributed by atoms with Gasteiger partial charge in [-0.05, 0) is 31.0 Å². The van der Waals surface area contributed by atoms with Gasteiger partial charge in [0.05, 0.1) is 6.10 Å². The number of aryl methyl sites for hydroxylation is 1. The Bertz CT molecular complexity index is 536. The number of halogens is 1. The molecule has 18 heavy (non-hydrogen) atoms. The summed E-state index contributed by atoms with van der Waals surface area (Å²) in [6.07, 6.45) is 3.61. The number of hydrogen-bond acceptors (Lipinski definition) is 2. The Hall–Kier alpha value is -1.32. The number of aliphatic hydroxyl groups excluding tert-OH is 1. The molecule has 0 spiro atoms. The third-order valence-corrected chi connectivity index (χ3v) is 3.60. The van der Waals surface area contributed by atoms with Crippen molar-refractivity contribution in [2.24, 2.45) is 0 Å². The molecule has 0 bridgehead atoms. The predicted octanol–water partition coefficient (Wildman–Crippen LogP) is 3.14. The van der Waals surface area contributed by atoms with Crippen LogP contribution in [0.3, 0.4) is 0 Å². The molecule has 4 heteroatoms. The molecule has 1 aromatic heterocycles. The van der Waals surface area contributed by atoms with Gasteiger partial charge in [0.2, 0.25) is 0 Å². The van der Waals surface area contributed by atoms with Gasteiger partial charge in [0.1, 0.15) is 5.82 Å². The number of benzene rings is 1. The Morgan fingerprint density at radius 1 is 1.44 bits per heavy atom. The highest BCUT2D eigenvalue weighted by Gasteiger charge is 2.15. The van der Waals surface area contributed by atoms with Crippen LogP contribution in [0.4, 0.5) is 0 Å². The van der Waals surface area contributed by atoms with Gasteiger partial charge in [0.15, 0.2) is 0 Å². The zero-order chi connectivity index (χ0) is 13.1. The van der Waals surface area contributed by atoms with E-state index in [-0.39, 0.29) is 0 Å². The minimum Gasteiger partial charge on any atom is -0.388 e. The van der Waals surface area contributed by atoms with Gasteiger partial charge in [-0.25, -0.2) is 4.98 Å². The summed E-state index contributed by atoms with van der Waals surface area (Å²) in [5.41, 5.74) is 1.80. The van der Waals surface area contributed by atoms with Crippen LogP contribution in [0.15, 0.2) is 30.6 Å². The Morgan fingerprint density at radius 2 is 2.22 bits per heavy atom. The number of hydrogen-bond donors (Lipinski definition) is 1. The summed E-state index contributed by atoms with van der Waals surface area (Å²) in [5.74, 6) is 0.893. The largest absolute Gasteiger partial charge is 0.388 e. The lowest BCUT2D eigenvalue weighted by Gasteiger charge is -2.15. The number of rotatable bonds is 4. The van der Waals surface area contributed by atoms with Gasteiger partial charge in [-0.1, -0.05) is 23.7 Å². The minimum absolute atomic E-state index is 0.502. The second-order valence-electron chi connectivity index (χ2n) is 4.30. The molecule has 0 fully saturated rings. The van der Waals surface area contributed by atoms with Crippen molar-refractivity contribution in [2.75, 3.05) is 0 Å². The van der Waals surface area contributed by atoms with Crippen LogP contribution in [0, 0.1) is 6.92 Å². The van der Waals surface area contributed by atoms with Gasteiger partial charge in [-0.3, -0.25) is 0 Å². The first-order valence-corrected chi connectivity index (χ1v) is 6.44. The van der Waals surface area contributed by atoms with E-state index >= 15 is 0 Å². The first-order chi connectivity index (χ1) is 8.63. The van der Waals surface area contributed by atoms with Crippen molar-refractivity contribution in [2.45, 2.75) is 32.9 Å². The molecule has 3 nitrogen and oxygen atoms in total. The van der Waals surface area contributed by atoms with Crippen LogP contribution in [0.2, 0.25) is 5.02 Å². The SMILES string of the molecule is CCn1ccnc1CC(O)c1cccc(Cl)c1C. The molecular formula is C14H17ClN2O. The number of imidazole rings is 1. The second-order valence-corrected chi connectivity index (χ2v) is 4.71. The molecular weight excluding hydrogens is 248 g/mol. The number of nitrogens with zero attached hydrogens (tertiary/aromatic N) is 2. The molecule has 1 unspecified atom stereocenters. The maximum atomic E-state index is 10.3. The fourth-order valence-corrected chi connectivity index (χ4v) is 2.27. The number of aliphatic hydroxyl groups is 1. The molecule has 1 N–H and O–H groups in total. The molecule has 0 amide bonds. The first kappa shape index (κ1) is 13.1. The van der Waals surface area contributed by atoms with Crippen molar-refractivity contribution in [1.82, 2.24) is 9.55 Å². The van der Waals surface area contributed by atoms with Gasteiger partial charge in [0.25, 0.3) is 0 Å². The standard InChI is InChI=1S/C14H17ClN2O/c1-3-17-8-7-16-14(17)9-13(18)11-5-4-6-12(15)10(11)2/h4-8,13,18H,3,9H2,1-2H3. The van der Waals surface area contributed by atoms with Crippen LogP contribution in [0.1, 0.15) is 30.0 Å². The molecule has 0 radical (unpaired) electrons. The normalized spacial score (nSPS) is 12.7. The zero-order valence-corrected chi connectivity index (χ0v) is 11.4. The summed E-state index contributed by atoms with van der Waals surface area (Å²) >= 11 is 6.07. The van der Waals surface area contributed by atoms with Gasteiger partial charge >= 0.3 is 0 Å². The van der Waals surface area contributed by atoms with Crippen LogP contribution >= 0.6 is 11.6 Å². The average molecular weight is 265 g/mol. The van der Waals surface area contributed by atoms with Crippen molar-refractivity contribution < 1.29 is 5.11 Å². The molecule has 0 saturated heterocycles. The van der Waals surface area contributed by atoms with Crippen molar-refractivity contribution in [3.63, 3.8) is 0 Å². The lowest BCUT2D eigenvalue weighted by Crippen LogP contribution is -2.09. The van der Waals surface area contributed by atoms with Crippen LogP contribution in [0.5, 0.6) is 0 Å². The Labute approximate surface area is 112 Å². The monoisotopic (exact) mass is 264 g/mol. The van der Waals surface area contributed by atoms with E-state index < -0.39 is 6.10 Å². The smallest absolute Gasteiger partial charge is 0.111 e. The van der Waals surface area contributed by atoms with Crippen LogP contribution < -0.4 is 0 Å². The summed E-state index contributed by atoms with van der Waals surface area (Å²) < 4.78 is 2.03. The first-order valence-electron chi connectivity index (χ1n) is 6.06. The van der Waals surface area contributed by atoms with Crippen molar-refractivity contribution >= 4 is 11.6 Å². The Morgan fingerprint density at radius 3 is 2.94 bits per heavy atom. The van der Waals surface area contributed by atoms with Gasteiger partial charge in [-0.15, -0.1) is 0 Å². The van der Waals surface area contributed by atoms with Gasteiger partial charge in [-0.2, -0.15) is 0 Å². The number of aromatic nitrogens is 2. The summed E-state index contributed by atoms with van der Waals surface area (Å²) in [6, 6.07) is 5.60. The lowest BCUT2D eigenvalue weighted by molar-refractivity contribution is 0.174. The second kappa shape index (κ2) is 5.55.